The lowest BCUT2D eigenvalue weighted by molar-refractivity contribution is -0.133. The summed E-state index contributed by atoms with van der Waals surface area (Å²) in [5, 5.41) is 25.8. The maximum Gasteiger partial charge on any atom is 0.311 e. The standard InChI is InChI=1S/C24H51N7O6/c1-21(2,9-11-25)27-12-10-22(3,4)28-13-20(29-24(7,8)26)37-18(15-36-16-19(33)30-34)17(14-32)23(5,6)31-35/h17-18,20,27-29,32H,9-16,25-26H2,1-8H3. The van der Waals surface area contributed by atoms with Gasteiger partial charge in [0, 0.05) is 28.7 Å². The monoisotopic (exact) mass is 533 g/mol. The summed E-state index contributed by atoms with van der Waals surface area (Å²) >= 11 is 0. The number of hydrogen-bond acceptors (Lipinski definition) is 12. The number of carbonyl (C=O) groups is 1. The summed E-state index contributed by atoms with van der Waals surface area (Å²) in [7, 11) is 0. The predicted molar refractivity (Wildman–Crippen MR) is 145 cm³/mol. The minimum absolute atomic E-state index is 0.0612. The number of nitrogens with two attached hydrogens (primary N) is 2. The summed E-state index contributed by atoms with van der Waals surface area (Å²) in [5.41, 5.74) is 9.54. The first-order valence-electron chi connectivity index (χ1n) is 12.7. The lowest BCUT2D eigenvalue weighted by atomic mass is 9.84. The summed E-state index contributed by atoms with van der Waals surface area (Å²) < 4.78 is 11.6. The molecular weight excluding hydrogens is 482 g/mol. The Kier molecular flexibility index (Phi) is 15.2. The van der Waals surface area contributed by atoms with Gasteiger partial charge in [0.05, 0.1) is 25.0 Å². The molecule has 0 bridgehead atoms. The summed E-state index contributed by atoms with van der Waals surface area (Å²) in [4.78, 5) is 33.2. The zero-order valence-corrected chi connectivity index (χ0v) is 23.9. The highest BCUT2D eigenvalue weighted by Crippen LogP contribution is 2.27. The summed E-state index contributed by atoms with van der Waals surface area (Å²) in [6.45, 7) is 15.6. The molecule has 0 aromatic heterocycles. The van der Waals surface area contributed by atoms with Gasteiger partial charge in [0.2, 0.25) is 0 Å². The van der Waals surface area contributed by atoms with Crippen molar-refractivity contribution in [1.29, 1.82) is 0 Å². The number of aliphatic hydroxyl groups is 1. The van der Waals surface area contributed by atoms with Gasteiger partial charge in [0.1, 0.15) is 18.4 Å². The number of nitroso groups, excluding NO2 is 2. The normalized spacial score (nSPS) is 15.8. The number of ether oxygens (including phenoxy) is 2. The third-order valence-corrected chi connectivity index (χ3v) is 6.16. The molecule has 1 amide bonds. The van der Waals surface area contributed by atoms with Gasteiger partial charge < -0.3 is 36.7 Å². The number of nitrogens with one attached hydrogen (secondary N) is 3. The van der Waals surface area contributed by atoms with Crippen molar-refractivity contribution in [3.05, 3.63) is 9.81 Å². The number of aliphatic hydroxyl groups excluding tert-OH is 1. The first kappa shape index (κ1) is 35.5. The molecule has 0 fully saturated rings. The molecule has 13 heteroatoms. The number of carbonyl (C=O) groups excluding carboxylic acids is 1. The fraction of sp³-hybridized carbons (Fsp3) is 0.958. The second-order valence-electron chi connectivity index (χ2n) is 11.9. The SMILES string of the molecule is CC(C)(N)NC(CNC(C)(C)CCNC(C)(C)CCN)OC(COCC(=O)N=O)C(CO)C(C)(C)N=O. The number of rotatable bonds is 21. The van der Waals surface area contributed by atoms with Crippen LogP contribution in [0, 0.1) is 15.7 Å². The molecule has 218 valence electrons. The highest BCUT2D eigenvalue weighted by Gasteiger charge is 2.39. The van der Waals surface area contributed by atoms with Crippen LogP contribution in [-0.2, 0) is 14.3 Å². The first-order valence-corrected chi connectivity index (χ1v) is 12.7. The van der Waals surface area contributed by atoms with E-state index in [1.165, 1.54) is 0 Å². The van der Waals surface area contributed by atoms with Crippen molar-refractivity contribution < 1.29 is 19.4 Å². The number of nitrogens with zero attached hydrogens (tertiary/aromatic N) is 2. The summed E-state index contributed by atoms with van der Waals surface area (Å²) in [5.74, 6) is -1.74. The lowest BCUT2D eigenvalue weighted by Gasteiger charge is -2.39. The van der Waals surface area contributed by atoms with Gasteiger partial charge in [-0.3, -0.25) is 10.1 Å². The number of hydrogen-bond donors (Lipinski definition) is 6. The largest absolute Gasteiger partial charge is 0.396 e. The van der Waals surface area contributed by atoms with Crippen LogP contribution in [0.5, 0.6) is 0 Å². The van der Waals surface area contributed by atoms with Crippen LogP contribution in [0.2, 0.25) is 0 Å². The van der Waals surface area contributed by atoms with E-state index in [2.05, 4.69) is 54.0 Å². The highest BCUT2D eigenvalue weighted by atomic mass is 16.5. The van der Waals surface area contributed by atoms with Crippen LogP contribution in [0.25, 0.3) is 0 Å². The quantitative estimate of drug-likeness (QED) is 0.0904. The zero-order chi connectivity index (χ0) is 28.9. The molecule has 0 saturated heterocycles. The molecule has 0 aliphatic rings. The molecule has 0 aliphatic carbocycles. The maximum atomic E-state index is 11.5. The molecule has 0 aromatic rings. The Hall–Kier alpha value is -1.45. The molecule has 0 aliphatic heterocycles. The summed E-state index contributed by atoms with van der Waals surface area (Å²) in [6, 6.07) is 0. The number of amides is 1. The van der Waals surface area contributed by atoms with Crippen LogP contribution in [-0.4, -0.2) is 85.1 Å². The zero-order valence-electron chi connectivity index (χ0n) is 23.9. The smallest absolute Gasteiger partial charge is 0.311 e. The van der Waals surface area contributed by atoms with Crippen LogP contribution in [0.1, 0.15) is 68.2 Å². The fourth-order valence-corrected chi connectivity index (χ4v) is 3.78. The molecule has 0 aromatic carbocycles. The molecule has 13 nitrogen and oxygen atoms in total. The molecule has 0 spiro atoms. The molecule has 3 unspecified atom stereocenters. The van der Waals surface area contributed by atoms with Gasteiger partial charge in [-0.05, 0) is 81.3 Å². The van der Waals surface area contributed by atoms with Crippen molar-refractivity contribution in [1.82, 2.24) is 16.0 Å². The molecule has 8 N–H and O–H groups in total. The van der Waals surface area contributed by atoms with E-state index in [1.807, 2.05) is 0 Å². The van der Waals surface area contributed by atoms with Crippen LogP contribution in [0.15, 0.2) is 10.4 Å². The molecular formula is C24H51N7O6. The Balaban J connectivity index is 5.56. The molecule has 37 heavy (non-hydrogen) atoms. The van der Waals surface area contributed by atoms with Crippen LogP contribution >= 0.6 is 0 Å². The van der Waals surface area contributed by atoms with Gasteiger partial charge in [-0.15, -0.1) is 4.91 Å². The van der Waals surface area contributed by atoms with Crippen molar-refractivity contribution >= 4 is 5.91 Å². The van der Waals surface area contributed by atoms with Gasteiger partial charge >= 0.3 is 5.91 Å². The average molecular weight is 534 g/mol. The van der Waals surface area contributed by atoms with E-state index in [4.69, 9.17) is 20.9 Å². The Morgan fingerprint density at radius 1 is 1.00 bits per heavy atom. The molecule has 3 atom stereocenters. The van der Waals surface area contributed by atoms with Gasteiger partial charge in [-0.25, -0.2) is 0 Å². The average Bonchev–Trinajstić information content (AvgIpc) is 2.76. The molecule has 0 saturated carbocycles. The topological polar surface area (TPSA) is 203 Å². The Bertz CT molecular complexity index is 698. The molecule has 0 rings (SSSR count). The van der Waals surface area contributed by atoms with Crippen molar-refractivity contribution in [2.75, 3.05) is 39.5 Å². The van der Waals surface area contributed by atoms with E-state index in [1.54, 1.807) is 27.7 Å². The van der Waals surface area contributed by atoms with Gasteiger partial charge in [-0.1, -0.05) is 5.18 Å². The van der Waals surface area contributed by atoms with Crippen LogP contribution in [0.4, 0.5) is 0 Å². The Labute approximate surface area is 221 Å². The van der Waals surface area contributed by atoms with E-state index in [9.17, 15) is 19.7 Å². The van der Waals surface area contributed by atoms with Crippen molar-refractivity contribution in [3.63, 3.8) is 0 Å². The third-order valence-electron chi connectivity index (χ3n) is 6.16. The second kappa shape index (κ2) is 15.8. The fourth-order valence-electron chi connectivity index (χ4n) is 3.78. The van der Waals surface area contributed by atoms with Gasteiger partial charge in [0.25, 0.3) is 0 Å². The van der Waals surface area contributed by atoms with E-state index in [0.717, 1.165) is 19.4 Å². The molecule has 0 radical (unpaired) electrons. The minimum atomic E-state index is -1.20. The molecule has 0 heterocycles. The maximum absolute atomic E-state index is 11.5. The van der Waals surface area contributed by atoms with E-state index >= 15 is 0 Å². The van der Waals surface area contributed by atoms with Crippen LogP contribution in [0.3, 0.4) is 0 Å². The van der Waals surface area contributed by atoms with E-state index in [0.29, 0.717) is 13.1 Å². The van der Waals surface area contributed by atoms with Gasteiger partial charge in [-0.2, -0.15) is 4.91 Å². The lowest BCUT2D eigenvalue weighted by Crippen LogP contribution is -2.60. The van der Waals surface area contributed by atoms with Crippen molar-refractivity contribution in [2.24, 2.45) is 27.7 Å². The Morgan fingerprint density at radius 3 is 2.08 bits per heavy atom. The van der Waals surface area contributed by atoms with Gasteiger partial charge in [0.15, 0.2) is 0 Å². The minimum Gasteiger partial charge on any atom is -0.396 e. The second-order valence-corrected chi connectivity index (χ2v) is 11.9. The van der Waals surface area contributed by atoms with E-state index < -0.39 is 48.6 Å². The van der Waals surface area contributed by atoms with Crippen LogP contribution < -0.4 is 27.4 Å². The predicted octanol–water partition coefficient (Wildman–Crippen LogP) is 0.921. The third kappa shape index (κ3) is 15.5. The Morgan fingerprint density at radius 2 is 1.59 bits per heavy atom. The first-order chi connectivity index (χ1) is 16.9. The highest BCUT2D eigenvalue weighted by molar-refractivity contribution is 5.77. The van der Waals surface area contributed by atoms with E-state index in [-0.39, 0.29) is 17.7 Å². The summed E-state index contributed by atoms with van der Waals surface area (Å²) in [6.07, 6.45) is 0.156. The van der Waals surface area contributed by atoms with Crippen molar-refractivity contribution in [2.45, 2.75) is 103 Å². The van der Waals surface area contributed by atoms with Crippen molar-refractivity contribution in [3.8, 4) is 0 Å².